The Balaban J connectivity index is 2.27. The van der Waals surface area contributed by atoms with Gasteiger partial charge in [-0.15, -0.1) is 0 Å². The van der Waals surface area contributed by atoms with Crippen LogP contribution < -0.4 is 15.4 Å². The number of anilines is 3. The zero-order valence-corrected chi connectivity index (χ0v) is 10.9. The summed E-state index contributed by atoms with van der Waals surface area (Å²) in [6.45, 7) is 2.51. The van der Waals surface area contributed by atoms with Crippen LogP contribution in [-0.4, -0.2) is 28.6 Å². The minimum absolute atomic E-state index is 0.112. The van der Waals surface area contributed by atoms with Gasteiger partial charge in [0, 0.05) is 18.3 Å². The number of rotatable bonds is 5. The third-order valence-corrected chi connectivity index (χ3v) is 2.31. The van der Waals surface area contributed by atoms with Gasteiger partial charge in [0.1, 0.15) is 0 Å². The van der Waals surface area contributed by atoms with Gasteiger partial charge >= 0.3 is 6.01 Å². The fraction of sp³-hybridized carbons (Fsp3) is 0.250. The molecule has 2 N–H and O–H groups in total. The van der Waals surface area contributed by atoms with Gasteiger partial charge in [0.15, 0.2) is 11.6 Å². The topological polar surface area (TPSA) is 72.0 Å². The standard InChI is InChI=1S/C12H13F2N5O/c1-3-15-10-17-11(19-12(18-10)20-2)16-7-4-5-8(13)9(14)6-7/h4-6H,3H2,1-2H3,(H2,15,16,17,18,19). The second-order valence-electron chi connectivity index (χ2n) is 3.75. The van der Waals surface area contributed by atoms with Crippen LogP contribution in [0.2, 0.25) is 0 Å². The molecule has 1 heterocycles. The number of hydrogen-bond donors (Lipinski definition) is 2. The van der Waals surface area contributed by atoms with E-state index in [0.717, 1.165) is 12.1 Å². The van der Waals surface area contributed by atoms with Crippen molar-refractivity contribution in [3.63, 3.8) is 0 Å². The molecule has 0 spiro atoms. The molecule has 0 amide bonds. The van der Waals surface area contributed by atoms with E-state index >= 15 is 0 Å². The Morgan fingerprint density at radius 3 is 2.50 bits per heavy atom. The molecule has 2 aromatic rings. The molecule has 6 nitrogen and oxygen atoms in total. The number of nitrogens with one attached hydrogen (secondary N) is 2. The molecular weight excluding hydrogens is 268 g/mol. The fourth-order valence-electron chi connectivity index (χ4n) is 1.44. The van der Waals surface area contributed by atoms with Gasteiger partial charge in [0.25, 0.3) is 0 Å². The van der Waals surface area contributed by atoms with Crippen molar-refractivity contribution in [2.45, 2.75) is 6.92 Å². The van der Waals surface area contributed by atoms with E-state index in [9.17, 15) is 8.78 Å². The lowest BCUT2D eigenvalue weighted by molar-refractivity contribution is 0.379. The van der Waals surface area contributed by atoms with Crippen LogP contribution >= 0.6 is 0 Å². The second kappa shape index (κ2) is 6.09. The first kappa shape index (κ1) is 13.9. The molecule has 106 valence electrons. The lowest BCUT2D eigenvalue weighted by atomic mass is 10.3. The first-order chi connectivity index (χ1) is 9.62. The van der Waals surface area contributed by atoms with Crippen molar-refractivity contribution in [1.29, 1.82) is 0 Å². The summed E-state index contributed by atoms with van der Waals surface area (Å²) in [6, 6.07) is 3.52. The molecule has 0 saturated carbocycles. The van der Waals surface area contributed by atoms with Gasteiger partial charge in [-0.05, 0) is 19.1 Å². The molecule has 0 fully saturated rings. The Kier molecular flexibility index (Phi) is 4.24. The van der Waals surface area contributed by atoms with Crippen LogP contribution in [0.15, 0.2) is 18.2 Å². The van der Waals surface area contributed by atoms with Crippen LogP contribution in [-0.2, 0) is 0 Å². The molecule has 0 radical (unpaired) electrons. The minimum atomic E-state index is -0.956. The van der Waals surface area contributed by atoms with Crippen molar-refractivity contribution in [3.05, 3.63) is 29.8 Å². The minimum Gasteiger partial charge on any atom is -0.467 e. The van der Waals surface area contributed by atoms with Crippen molar-refractivity contribution in [3.8, 4) is 6.01 Å². The molecule has 0 bridgehead atoms. The summed E-state index contributed by atoms with van der Waals surface area (Å²) in [7, 11) is 1.42. The summed E-state index contributed by atoms with van der Waals surface area (Å²) in [5.74, 6) is -1.39. The molecule has 0 unspecified atom stereocenters. The molecule has 0 aliphatic carbocycles. The molecule has 20 heavy (non-hydrogen) atoms. The predicted molar refractivity (Wildman–Crippen MR) is 70.2 cm³/mol. The third-order valence-electron chi connectivity index (χ3n) is 2.31. The zero-order valence-electron chi connectivity index (χ0n) is 10.9. The highest BCUT2D eigenvalue weighted by Crippen LogP contribution is 2.18. The van der Waals surface area contributed by atoms with Crippen molar-refractivity contribution in [2.75, 3.05) is 24.3 Å². The molecule has 0 saturated heterocycles. The van der Waals surface area contributed by atoms with Crippen LogP contribution in [0.25, 0.3) is 0 Å². The van der Waals surface area contributed by atoms with Crippen LogP contribution in [0, 0.1) is 11.6 Å². The lowest BCUT2D eigenvalue weighted by Crippen LogP contribution is -2.08. The highest BCUT2D eigenvalue weighted by molar-refractivity contribution is 5.54. The maximum Gasteiger partial charge on any atom is 0.322 e. The van der Waals surface area contributed by atoms with Crippen molar-refractivity contribution in [2.24, 2.45) is 0 Å². The summed E-state index contributed by atoms with van der Waals surface area (Å²) >= 11 is 0. The molecule has 8 heteroatoms. The van der Waals surface area contributed by atoms with Gasteiger partial charge in [-0.3, -0.25) is 0 Å². The Labute approximate surface area is 114 Å². The van der Waals surface area contributed by atoms with E-state index in [1.165, 1.54) is 13.2 Å². The second-order valence-corrected chi connectivity index (χ2v) is 3.75. The summed E-state index contributed by atoms with van der Waals surface area (Å²) in [4.78, 5) is 12.0. The summed E-state index contributed by atoms with van der Waals surface area (Å²) in [5.41, 5.74) is 0.319. The SMILES string of the molecule is CCNc1nc(Nc2ccc(F)c(F)c2)nc(OC)n1. The quantitative estimate of drug-likeness (QED) is 0.876. The average molecular weight is 281 g/mol. The normalized spacial score (nSPS) is 10.2. The molecule has 1 aromatic heterocycles. The maximum absolute atomic E-state index is 13.1. The fourth-order valence-corrected chi connectivity index (χ4v) is 1.44. The van der Waals surface area contributed by atoms with Crippen LogP contribution in [0.1, 0.15) is 6.92 Å². The Morgan fingerprint density at radius 1 is 1.10 bits per heavy atom. The van der Waals surface area contributed by atoms with E-state index in [-0.39, 0.29) is 12.0 Å². The Bertz CT molecular complexity index is 608. The monoisotopic (exact) mass is 281 g/mol. The van der Waals surface area contributed by atoms with E-state index < -0.39 is 11.6 Å². The van der Waals surface area contributed by atoms with Gasteiger partial charge in [0.05, 0.1) is 7.11 Å². The number of hydrogen-bond acceptors (Lipinski definition) is 6. The first-order valence-corrected chi connectivity index (χ1v) is 5.88. The van der Waals surface area contributed by atoms with Crippen molar-refractivity contribution < 1.29 is 13.5 Å². The molecular formula is C12H13F2N5O. The number of nitrogens with zero attached hydrogens (tertiary/aromatic N) is 3. The van der Waals surface area contributed by atoms with Crippen LogP contribution in [0.5, 0.6) is 6.01 Å². The number of methoxy groups -OCH3 is 1. The summed E-state index contributed by atoms with van der Waals surface area (Å²) < 4.78 is 30.9. The smallest absolute Gasteiger partial charge is 0.322 e. The summed E-state index contributed by atoms with van der Waals surface area (Å²) in [5, 5.41) is 5.67. The molecule has 0 aliphatic rings. The molecule has 0 aliphatic heterocycles. The van der Waals surface area contributed by atoms with E-state index in [1.54, 1.807) is 0 Å². The highest BCUT2D eigenvalue weighted by atomic mass is 19.2. The number of aromatic nitrogens is 3. The molecule has 0 atom stereocenters. The zero-order chi connectivity index (χ0) is 14.5. The lowest BCUT2D eigenvalue weighted by Gasteiger charge is -2.08. The maximum atomic E-state index is 13.1. The van der Waals surface area contributed by atoms with Gasteiger partial charge in [-0.25, -0.2) is 8.78 Å². The van der Waals surface area contributed by atoms with E-state index in [2.05, 4.69) is 25.6 Å². The van der Waals surface area contributed by atoms with E-state index in [1.807, 2.05) is 6.92 Å². The highest BCUT2D eigenvalue weighted by Gasteiger charge is 2.08. The number of halogens is 2. The summed E-state index contributed by atoms with van der Waals surface area (Å²) in [6.07, 6.45) is 0. The van der Waals surface area contributed by atoms with Gasteiger partial charge in [-0.1, -0.05) is 0 Å². The van der Waals surface area contributed by atoms with Crippen LogP contribution in [0.3, 0.4) is 0 Å². The van der Waals surface area contributed by atoms with E-state index in [0.29, 0.717) is 18.2 Å². The van der Waals surface area contributed by atoms with Crippen molar-refractivity contribution >= 4 is 17.6 Å². The van der Waals surface area contributed by atoms with Crippen molar-refractivity contribution in [1.82, 2.24) is 15.0 Å². The number of ether oxygens (including phenoxy) is 1. The Morgan fingerprint density at radius 2 is 1.85 bits per heavy atom. The molecule has 1 aromatic carbocycles. The van der Waals surface area contributed by atoms with Gasteiger partial charge in [0.2, 0.25) is 11.9 Å². The van der Waals surface area contributed by atoms with Gasteiger partial charge in [-0.2, -0.15) is 15.0 Å². The van der Waals surface area contributed by atoms with Gasteiger partial charge < -0.3 is 15.4 Å². The van der Waals surface area contributed by atoms with Crippen LogP contribution in [0.4, 0.5) is 26.4 Å². The largest absolute Gasteiger partial charge is 0.467 e. The number of benzene rings is 1. The third kappa shape index (κ3) is 3.28. The first-order valence-electron chi connectivity index (χ1n) is 5.88. The average Bonchev–Trinajstić information content (AvgIpc) is 2.43. The Hall–Kier alpha value is -2.51. The predicted octanol–water partition coefficient (Wildman–Crippen LogP) is 2.33. The molecule has 2 rings (SSSR count). The van der Waals surface area contributed by atoms with E-state index in [4.69, 9.17) is 4.74 Å².